The Balaban J connectivity index is 2.09. The van der Waals surface area contributed by atoms with Crippen LogP contribution in [0.3, 0.4) is 0 Å². The summed E-state index contributed by atoms with van der Waals surface area (Å²) in [6.07, 6.45) is 5.15. The molecule has 2 rings (SSSR count). The maximum atomic E-state index is 12.7. The highest BCUT2D eigenvalue weighted by Crippen LogP contribution is 2.16. The van der Waals surface area contributed by atoms with Crippen molar-refractivity contribution in [1.29, 1.82) is 0 Å². The number of esters is 1. The molecule has 0 radical (unpaired) electrons. The van der Waals surface area contributed by atoms with Gasteiger partial charge in [-0.05, 0) is 25.0 Å². The van der Waals surface area contributed by atoms with Crippen LogP contribution in [-0.2, 0) is 14.3 Å². The summed E-state index contributed by atoms with van der Waals surface area (Å²) in [4.78, 5) is 29.9. The fourth-order valence-corrected chi connectivity index (χ4v) is 2.56. The number of hydrogen-bond donors (Lipinski definition) is 0. The van der Waals surface area contributed by atoms with E-state index in [1.165, 1.54) is 7.11 Å². The van der Waals surface area contributed by atoms with Crippen molar-refractivity contribution in [2.24, 2.45) is 5.92 Å². The third-order valence-corrected chi connectivity index (χ3v) is 3.76. The van der Waals surface area contributed by atoms with Crippen molar-refractivity contribution in [2.75, 3.05) is 26.8 Å². The first kappa shape index (κ1) is 16.4. The molecule has 1 fully saturated rings. The first-order valence-electron chi connectivity index (χ1n) is 7.50. The number of methoxy groups -OCH3 is 1. The molecule has 1 aliphatic rings. The van der Waals surface area contributed by atoms with Crippen LogP contribution in [-0.4, -0.2) is 54.7 Å². The van der Waals surface area contributed by atoms with Crippen LogP contribution in [0.15, 0.2) is 24.5 Å². The highest BCUT2D eigenvalue weighted by molar-refractivity contribution is 5.94. The van der Waals surface area contributed by atoms with Crippen molar-refractivity contribution in [3.8, 4) is 0 Å². The Labute approximate surface area is 130 Å². The van der Waals surface area contributed by atoms with Gasteiger partial charge < -0.3 is 14.4 Å². The SMILES string of the molecule is COC(=O)C(C)CN(CC1CCCO1)C(=O)c1ccncc1. The van der Waals surface area contributed by atoms with Crippen molar-refractivity contribution in [1.82, 2.24) is 9.88 Å². The summed E-state index contributed by atoms with van der Waals surface area (Å²) >= 11 is 0. The molecule has 6 nitrogen and oxygen atoms in total. The van der Waals surface area contributed by atoms with Crippen molar-refractivity contribution in [3.63, 3.8) is 0 Å². The molecule has 2 unspecified atom stereocenters. The minimum absolute atomic E-state index is 0.0376. The van der Waals surface area contributed by atoms with Gasteiger partial charge in [-0.3, -0.25) is 14.6 Å². The zero-order valence-electron chi connectivity index (χ0n) is 13.0. The number of amides is 1. The lowest BCUT2D eigenvalue weighted by atomic mass is 10.1. The van der Waals surface area contributed by atoms with Crippen LogP contribution in [0.1, 0.15) is 30.1 Å². The lowest BCUT2D eigenvalue weighted by molar-refractivity contribution is -0.145. The zero-order valence-corrected chi connectivity index (χ0v) is 13.0. The molecule has 0 saturated carbocycles. The molecule has 0 aliphatic carbocycles. The molecule has 6 heteroatoms. The third-order valence-electron chi connectivity index (χ3n) is 3.76. The fourth-order valence-electron chi connectivity index (χ4n) is 2.56. The largest absolute Gasteiger partial charge is 0.469 e. The van der Waals surface area contributed by atoms with Crippen LogP contribution < -0.4 is 0 Å². The van der Waals surface area contributed by atoms with E-state index in [0.29, 0.717) is 18.7 Å². The van der Waals surface area contributed by atoms with Gasteiger partial charge in [0, 0.05) is 37.7 Å². The van der Waals surface area contributed by atoms with E-state index in [-0.39, 0.29) is 23.9 Å². The predicted molar refractivity (Wildman–Crippen MR) is 80.3 cm³/mol. The highest BCUT2D eigenvalue weighted by atomic mass is 16.5. The molecule has 120 valence electrons. The summed E-state index contributed by atoms with van der Waals surface area (Å²) in [7, 11) is 1.36. The number of carbonyl (C=O) groups excluding carboxylic acids is 2. The zero-order chi connectivity index (χ0) is 15.9. The summed E-state index contributed by atoms with van der Waals surface area (Å²) < 4.78 is 10.4. The van der Waals surface area contributed by atoms with Crippen molar-refractivity contribution >= 4 is 11.9 Å². The van der Waals surface area contributed by atoms with E-state index in [1.807, 2.05) is 0 Å². The smallest absolute Gasteiger partial charge is 0.310 e. The molecule has 1 amide bonds. The van der Waals surface area contributed by atoms with Gasteiger partial charge >= 0.3 is 5.97 Å². The normalized spacial score (nSPS) is 18.7. The molecule has 2 atom stereocenters. The monoisotopic (exact) mass is 306 g/mol. The van der Waals surface area contributed by atoms with Crippen LogP contribution in [0.4, 0.5) is 0 Å². The number of rotatable bonds is 6. The van der Waals surface area contributed by atoms with E-state index in [4.69, 9.17) is 9.47 Å². The van der Waals surface area contributed by atoms with Gasteiger partial charge in [-0.15, -0.1) is 0 Å². The summed E-state index contributed by atoms with van der Waals surface area (Å²) in [6.45, 7) is 3.29. The molecular weight excluding hydrogens is 284 g/mol. The second kappa shape index (κ2) is 7.89. The highest BCUT2D eigenvalue weighted by Gasteiger charge is 2.26. The third kappa shape index (κ3) is 4.27. The Kier molecular flexibility index (Phi) is 5.89. The quantitative estimate of drug-likeness (QED) is 0.745. The molecule has 0 bridgehead atoms. The van der Waals surface area contributed by atoms with Crippen molar-refractivity contribution in [2.45, 2.75) is 25.9 Å². The van der Waals surface area contributed by atoms with Crippen LogP contribution in [0, 0.1) is 5.92 Å². The summed E-state index contributed by atoms with van der Waals surface area (Å²) in [5.41, 5.74) is 0.560. The molecule has 2 heterocycles. The minimum Gasteiger partial charge on any atom is -0.469 e. The topological polar surface area (TPSA) is 68.7 Å². The number of ether oxygens (including phenoxy) is 2. The number of aromatic nitrogens is 1. The maximum absolute atomic E-state index is 12.7. The van der Waals surface area contributed by atoms with E-state index < -0.39 is 0 Å². The lowest BCUT2D eigenvalue weighted by Gasteiger charge is -2.27. The van der Waals surface area contributed by atoms with E-state index in [0.717, 1.165) is 19.4 Å². The number of carbonyl (C=O) groups is 2. The van der Waals surface area contributed by atoms with Gasteiger partial charge in [-0.2, -0.15) is 0 Å². The molecule has 0 N–H and O–H groups in total. The van der Waals surface area contributed by atoms with Crippen LogP contribution in [0.2, 0.25) is 0 Å². The summed E-state index contributed by atoms with van der Waals surface area (Å²) in [5.74, 6) is -0.814. The molecule has 1 aliphatic heterocycles. The van der Waals surface area contributed by atoms with Gasteiger partial charge in [0.15, 0.2) is 0 Å². The molecule has 0 aromatic carbocycles. The molecule has 1 aromatic heterocycles. The van der Waals surface area contributed by atoms with Gasteiger partial charge in [-0.25, -0.2) is 0 Å². The van der Waals surface area contributed by atoms with Gasteiger partial charge in [-0.1, -0.05) is 6.92 Å². The Morgan fingerprint density at radius 1 is 1.45 bits per heavy atom. The minimum atomic E-state index is -0.378. The molecule has 0 spiro atoms. The average Bonchev–Trinajstić information content (AvgIpc) is 3.06. The van der Waals surface area contributed by atoms with Gasteiger partial charge in [0.25, 0.3) is 5.91 Å². The van der Waals surface area contributed by atoms with Crippen molar-refractivity contribution < 1.29 is 19.1 Å². The molecular formula is C16H22N2O4. The Morgan fingerprint density at radius 2 is 2.18 bits per heavy atom. The summed E-state index contributed by atoms with van der Waals surface area (Å²) in [5, 5.41) is 0. The maximum Gasteiger partial charge on any atom is 0.310 e. The van der Waals surface area contributed by atoms with E-state index in [9.17, 15) is 9.59 Å². The standard InChI is InChI=1S/C16H22N2O4/c1-12(16(20)21-2)10-18(11-14-4-3-9-22-14)15(19)13-5-7-17-8-6-13/h5-8,12,14H,3-4,9-11H2,1-2H3. The van der Waals surface area contributed by atoms with E-state index in [2.05, 4.69) is 4.98 Å². The van der Waals surface area contributed by atoms with Crippen LogP contribution in [0.5, 0.6) is 0 Å². The second-order valence-electron chi connectivity index (χ2n) is 5.51. The van der Waals surface area contributed by atoms with Gasteiger partial charge in [0.1, 0.15) is 0 Å². The molecule has 22 heavy (non-hydrogen) atoms. The number of nitrogens with zero attached hydrogens (tertiary/aromatic N) is 2. The Morgan fingerprint density at radius 3 is 2.77 bits per heavy atom. The number of pyridine rings is 1. The van der Waals surface area contributed by atoms with Gasteiger partial charge in [0.05, 0.1) is 19.1 Å². The van der Waals surface area contributed by atoms with E-state index in [1.54, 1.807) is 36.4 Å². The van der Waals surface area contributed by atoms with Gasteiger partial charge in [0.2, 0.25) is 0 Å². The second-order valence-corrected chi connectivity index (χ2v) is 5.51. The van der Waals surface area contributed by atoms with Crippen LogP contribution >= 0.6 is 0 Å². The Bertz CT molecular complexity index is 500. The molecule has 1 aromatic rings. The predicted octanol–water partition coefficient (Wildman–Crippen LogP) is 1.51. The average molecular weight is 306 g/mol. The van der Waals surface area contributed by atoms with Crippen molar-refractivity contribution in [3.05, 3.63) is 30.1 Å². The molecule has 1 saturated heterocycles. The number of hydrogen-bond acceptors (Lipinski definition) is 5. The fraction of sp³-hybridized carbons (Fsp3) is 0.562. The lowest BCUT2D eigenvalue weighted by Crippen LogP contribution is -2.41. The Hall–Kier alpha value is -1.95. The first-order chi connectivity index (χ1) is 10.6. The van der Waals surface area contributed by atoms with E-state index >= 15 is 0 Å². The summed E-state index contributed by atoms with van der Waals surface area (Å²) in [6, 6.07) is 3.35. The first-order valence-corrected chi connectivity index (χ1v) is 7.50. The van der Waals surface area contributed by atoms with Crippen LogP contribution in [0.25, 0.3) is 0 Å².